The van der Waals surface area contributed by atoms with E-state index < -0.39 is 0 Å². The minimum Gasteiger partial charge on any atom is -0.383 e. The summed E-state index contributed by atoms with van der Waals surface area (Å²) in [5.41, 5.74) is 7.14. The van der Waals surface area contributed by atoms with Gasteiger partial charge in [0.15, 0.2) is 0 Å². The van der Waals surface area contributed by atoms with Gasteiger partial charge in [-0.1, -0.05) is 19.9 Å². The van der Waals surface area contributed by atoms with Gasteiger partial charge in [-0.3, -0.25) is 0 Å². The number of nitrogens with one attached hydrogen (secondary N) is 1. The molecule has 3 nitrogen and oxygen atoms in total. The van der Waals surface area contributed by atoms with Crippen molar-refractivity contribution >= 4 is 29.3 Å². The summed E-state index contributed by atoms with van der Waals surface area (Å²) in [5.74, 6) is 3.20. The van der Waals surface area contributed by atoms with Crippen LogP contribution in [0.2, 0.25) is 0 Å². The average Bonchev–Trinajstić information content (AvgIpc) is 2.41. The molecule has 1 aliphatic rings. The van der Waals surface area contributed by atoms with Gasteiger partial charge >= 0.3 is 0 Å². The first-order chi connectivity index (χ1) is 9.22. The van der Waals surface area contributed by atoms with Crippen LogP contribution in [0.3, 0.4) is 0 Å². The zero-order chi connectivity index (χ0) is 13.7. The summed E-state index contributed by atoms with van der Waals surface area (Å²) in [6.45, 7) is 5.52. The molecular weight excluding hydrogens is 274 g/mol. The van der Waals surface area contributed by atoms with Crippen LogP contribution in [0.5, 0.6) is 0 Å². The molecule has 0 saturated carbocycles. The van der Waals surface area contributed by atoms with Crippen molar-refractivity contribution in [2.45, 2.75) is 36.8 Å². The number of nitrogens with two attached hydrogens (primary N) is 1. The standard InChI is InChI=1S/C14H23N3S2/c1-3-16-12(13-10(2)18-7-8-19-13)9-11-5-4-6-17-14(11)15/h4-6,10,12-13,16H,3,7-9H2,1-2H3,(H2,15,17). The van der Waals surface area contributed by atoms with Crippen molar-refractivity contribution in [2.24, 2.45) is 0 Å². The Morgan fingerprint density at radius 2 is 2.26 bits per heavy atom. The molecule has 0 amide bonds. The molecule has 1 aliphatic heterocycles. The number of hydrogen-bond donors (Lipinski definition) is 2. The number of likely N-dealkylation sites (N-methyl/N-ethyl adjacent to an activating group) is 1. The Balaban J connectivity index is 2.09. The van der Waals surface area contributed by atoms with Gasteiger partial charge in [0.05, 0.1) is 0 Å². The van der Waals surface area contributed by atoms with Gasteiger partial charge in [0.25, 0.3) is 0 Å². The lowest BCUT2D eigenvalue weighted by atomic mass is 10.0. The summed E-state index contributed by atoms with van der Waals surface area (Å²) in [5, 5.41) is 4.99. The van der Waals surface area contributed by atoms with Crippen molar-refractivity contribution in [3.8, 4) is 0 Å². The smallest absolute Gasteiger partial charge is 0.126 e. The van der Waals surface area contributed by atoms with Crippen molar-refractivity contribution in [3.63, 3.8) is 0 Å². The lowest BCUT2D eigenvalue weighted by Gasteiger charge is -2.35. The Kier molecular flexibility index (Phi) is 5.85. The number of thioether (sulfide) groups is 2. The predicted molar refractivity (Wildman–Crippen MR) is 88.0 cm³/mol. The Labute approximate surface area is 124 Å². The molecule has 0 aromatic carbocycles. The summed E-state index contributed by atoms with van der Waals surface area (Å²) in [6.07, 6.45) is 2.73. The number of anilines is 1. The van der Waals surface area contributed by atoms with Crippen LogP contribution in [0, 0.1) is 0 Å². The topological polar surface area (TPSA) is 50.9 Å². The summed E-state index contributed by atoms with van der Waals surface area (Å²) in [4.78, 5) is 4.19. The molecule has 0 spiro atoms. The maximum atomic E-state index is 5.98. The molecule has 1 saturated heterocycles. The zero-order valence-electron chi connectivity index (χ0n) is 11.6. The van der Waals surface area contributed by atoms with Gasteiger partial charge in [-0.15, -0.1) is 0 Å². The van der Waals surface area contributed by atoms with E-state index in [-0.39, 0.29) is 0 Å². The average molecular weight is 297 g/mol. The van der Waals surface area contributed by atoms with E-state index in [1.165, 1.54) is 11.5 Å². The largest absolute Gasteiger partial charge is 0.383 e. The number of aromatic nitrogens is 1. The van der Waals surface area contributed by atoms with Crippen LogP contribution in [-0.2, 0) is 6.42 Å². The summed E-state index contributed by atoms with van der Waals surface area (Å²) in [6, 6.07) is 4.54. The monoisotopic (exact) mass is 297 g/mol. The van der Waals surface area contributed by atoms with E-state index in [1.54, 1.807) is 6.20 Å². The highest BCUT2D eigenvalue weighted by atomic mass is 32.2. The number of pyridine rings is 1. The lowest BCUT2D eigenvalue weighted by Crippen LogP contribution is -2.45. The second-order valence-corrected chi connectivity index (χ2v) is 7.60. The van der Waals surface area contributed by atoms with Crippen LogP contribution in [0.15, 0.2) is 18.3 Å². The van der Waals surface area contributed by atoms with Gasteiger partial charge in [-0.25, -0.2) is 4.98 Å². The Bertz CT molecular complexity index is 400. The molecule has 3 atom stereocenters. The van der Waals surface area contributed by atoms with E-state index >= 15 is 0 Å². The summed E-state index contributed by atoms with van der Waals surface area (Å²) >= 11 is 4.19. The highest BCUT2D eigenvalue weighted by molar-refractivity contribution is 8.07. The Morgan fingerprint density at radius 3 is 2.95 bits per heavy atom. The van der Waals surface area contributed by atoms with Crippen LogP contribution in [0.25, 0.3) is 0 Å². The maximum absolute atomic E-state index is 5.98. The molecule has 106 valence electrons. The zero-order valence-corrected chi connectivity index (χ0v) is 13.3. The minimum absolute atomic E-state index is 0.476. The third kappa shape index (κ3) is 4.04. The normalized spacial score (nSPS) is 25.2. The van der Waals surface area contributed by atoms with Crippen LogP contribution in [-0.4, -0.2) is 39.6 Å². The van der Waals surface area contributed by atoms with Crippen LogP contribution in [0.1, 0.15) is 19.4 Å². The summed E-state index contributed by atoms with van der Waals surface area (Å²) in [7, 11) is 0. The number of nitrogens with zero attached hydrogens (tertiary/aromatic N) is 1. The highest BCUT2D eigenvalue weighted by Crippen LogP contribution is 2.34. The molecule has 0 aliphatic carbocycles. The van der Waals surface area contributed by atoms with Crippen molar-refractivity contribution in [3.05, 3.63) is 23.9 Å². The molecule has 0 bridgehead atoms. The molecule has 1 fully saturated rings. The second-order valence-electron chi connectivity index (χ2n) is 4.83. The fourth-order valence-electron chi connectivity index (χ4n) is 2.52. The van der Waals surface area contributed by atoms with E-state index in [4.69, 9.17) is 5.73 Å². The van der Waals surface area contributed by atoms with Crippen molar-refractivity contribution < 1.29 is 0 Å². The van der Waals surface area contributed by atoms with Crippen molar-refractivity contribution in [1.82, 2.24) is 10.3 Å². The van der Waals surface area contributed by atoms with E-state index in [9.17, 15) is 0 Å². The fraction of sp³-hybridized carbons (Fsp3) is 0.643. The molecule has 19 heavy (non-hydrogen) atoms. The molecule has 5 heteroatoms. The fourth-order valence-corrected chi connectivity index (χ4v) is 5.48. The maximum Gasteiger partial charge on any atom is 0.126 e. The molecular formula is C14H23N3S2. The first-order valence-electron chi connectivity index (χ1n) is 6.88. The molecule has 1 aromatic rings. The van der Waals surface area contributed by atoms with E-state index in [0.717, 1.165) is 18.5 Å². The molecule has 2 heterocycles. The third-order valence-electron chi connectivity index (χ3n) is 3.47. The van der Waals surface area contributed by atoms with Gasteiger partial charge in [0.1, 0.15) is 5.82 Å². The first-order valence-corrected chi connectivity index (χ1v) is 8.98. The first kappa shape index (κ1) is 15.0. The third-order valence-corrected chi connectivity index (χ3v) is 6.72. The highest BCUT2D eigenvalue weighted by Gasteiger charge is 2.30. The molecule has 3 unspecified atom stereocenters. The number of hydrogen-bond acceptors (Lipinski definition) is 5. The van der Waals surface area contributed by atoms with E-state index in [1.807, 2.05) is 6.07 Å². The van der Waals surface area contributed by atoms with Gasteiger partial charge in [0.2, 0.25) is 0 Å². The SMILES string of the molecule is CCNC(Cc1cccnc1N)C1SCCSC1C. The number of rotatable bonds is 5. The van der Waals surface area contributed by atoms with Gasteiger partial charge < -0.3 is 11.1 Å². The number of nitrogen functional groups attached to an aromatic ring is 1. The molecule has 0 radical (unpaired) electrons. The van der Waals surface area contributed by atoms with Gasteiger partial charge in [-0.2, -0.15) is 23.5 Å². The van der Waals surface area contributed by atoms with E-state index in [0.29, 0.717) is 22.4 Å². The minimum atomic E-state index is 0.476. The quantitative estimate of drug-likeness (QED) is 0.874. The van der Waals surface area contributed by atoms with Crippen LogP contribution >= 0.6 is 23.5 Å². The molecule has 3 N–H and O–H groups in total. The second kappa shape index (κ2) is 7.41. The van der Waals surface area contributed by atoms with Crippen LogP contribution in [0.4, 0.5) is 5.82 Å². The molecule has 2 rings (SSSR count). The summed E-state index contributed by atoms with van der Waals surface area (Å²) < 4.78 is 0. The Hall–Kier alpha value is -0.390. The van der Waals surface area contributed by atoms with Crippen molar-refractivity contribution in [2.75, 3.05) is 23.8 Å². The predicted octanol–water partition coefficient (Wildman–Crippen LogP) is 2.42. The Morgan fingerprint density at radius 1 is 1.47 bits per heavy atom. The van der Waals surface area contributed by atoms with E-state index in [2.05, 4.69) is 53.7 Å². The lowest BCUT2D eigenvalue weighted by molar-refractivity contribution is 0.501. The van der Waals surface area contributed by atoms with Crippen molar-refractivity contribution in [1.29, 1.82) is 0 Å². The van der Waals surface area contributed by atoms with Crippen LogP contribution < -0.4 is 11.1 Å². The van der Waals surface area contributed by atoms with Gasteiger partial charge in [-0.05, 0) is 24.6 Å². The molecule has 1 aromatic heterocycles. The van der Waals surface area contributed by atoms with Gasteiger partial charge in [0, 0.05) is 34.2 Å².